The van der Waals surface area contributed by atoms with Gasteiger partial charge in [-0.3, -0.25) is 0 Å². The number of rotatable bonds is 3. The highest BCUT2D eigenvalue weighted by molar-refractivity contribution is 5.74. The molecule has 4 nitrogen and oxygen atoms in total. The normalized spacial score (nSPS) is 18.1. The van der Waals surface area contributed by atoms with Crippen molar-refractivity contribution in [1.29, 1.82) is 0 Å². The summed E-state index contributed by atoms with van der Waals surface area (Å²) in [5, 5.41) is 8.76. The molecule has 0 bridgehead atoms. The summed E-state index contributed by atoms with van der Waals surface area (Å²) in [5.74, 6) is -0.858. The summed E-state index contributed by atoms with van der Waals surface area (Å²) in [6.45, 7) is -1.39. The van der Waals surface area contributed by atoms with Crippen LogP contribution in [0.4, 0.5) is 13.2 Å². The lowest BCUT2D eigenvalue weighted by atomic mass is 10.1. The Morgan fingerprint density at radius 2 is 2.22 bits per heavy atom. The van der Waals surface area contributed by atoms with E-state index in [0.29, 0.717) is 5.56 Å². The molecule has 0 saturated carbocycles. The molecule has 1 aliphatic rings. The third-order valence-electron chi connectivity index (χ3n) is 2.39. The lowest BCUT2D eigenvalue weighted by Crippen LogP contribution is -2.24. The molecule has 0 radical (unpaired) electrons. The van der Waals surface area contributed by atoms with Gasteiger partial charge in [0.2, 0.25) is 0 Å². The van der Waals surface area contributed by atoms with Gasteiger partial charge < -0.3 is 14.6 Å². The summed E-state index contributed by atoms with van der Waals surface area (Å²) in [6.07, 6.45) is -5.20. The Labute approximate surface area is 99.9 Å². The van der Waals surface area contributed by atoms with Crippen LogP contribution in [0.1, 0.15) is 5.56 Å². The average molecular weight is 262 g/mol. The molecule has 7 heteroatoms. The average Bonchev–Trinajstić information content (AvgIpc) is 2.68. The molecule has 0 spiro atoms. The molecule has 98 valence electrons. The predicted molar refractivity (Wildman–Crippen MR) is 53.7 cm³/mol. The number of halogens is 3. The van der Waals surface area contributed by atoms with Crippen molar-refractivity contribution in [2.24, 2.45) is 0 Å². The molecule has 1 aromatic carbocycles. The quantitative estimate of drug-likeness (QED) is 0.905. The largest absolute Gasteiger partial charge is 0.484 e. The van der Waals surface area contributed by atoms with Crippen LogP contribution in [0.15, 0.2) is 18.2 Å². The smallest absolute Gasteiger partial charge is 0.422 e. The lowest BCUT2D eigenvalue weighted by molar-refractivity contribution is -0.153. The van der Waals surface area contributed by atoms with E-state index in [-0.39, 0.29) is 17.9 Å². The summed E-state index contributed by atoms with van der Waals surface area (Å²) in [4.78, 5) is 10.7. The second-order valence-electron chi connectivity index (χ2n) is 3.82. The SMILES string of the molecule is O=C(O)C1Cc2ccc(OCC(F)(F)F)cc2O1. The van der Waals surface area contributed by atoms with Crippen molar-refractivity contribution in [2.75, 3.05) is 6.61 Å². The molecule has 18 heavy (non-hydrogen) atoms. The maximum absolute atomic E-state index is 11.9. The van der Waals surface area contributed by atoms with E-state index < -0.39 is 24.9 Å². The van der Waals surface area contributed by atoms with E-state index in [4.69, 9.17) is 9.84 Å². The van der Waals surface area contributed by atoms with Gasteiger partial charge in [-0.05, 0) is 11.6 Å². The minimum Gasteiger partial charge on any atom is -0.484 e. The maximum Gasteiger partial charge on any atom is 0.422 e. The van der Waals surface area contributed by atoms with Crippen molar-refractivity contribution in [3.05, 3.63) is 23.8 Å². The second-order valence-corrected chi connectivity index (χ2v) is 3.82. The molecular formula is C11H9F3O4. The fraction of sp³-hybridized carbons (Fsp3) is 0.364. The van der Waals surface area contributed by atoms with E-state index in [1.165, 1.54) is 18.2 Å². The Balaban J connectivity index is 2.06. The number of fused-ring (bicyclic) bond motifs is 1. The van der Waals surface area contributed by atoms with Gasteiger partial charge in [0.05, 0.1) is 0 Å². The van der Waals surface area contributed by atoms with Crippen LogP contribution >= 0.6 is 0 Å². The van der Waals surface area contributed by atoms with Crippen LogP contribution in [0.25, 0.3) is 0 Å². The molecule has 0 aromatic heterocycles. The molecule has 1 unspecified atom stereocenters. The van der Waals surface area contributed by atoms with Gasteiger partial charge in [-0.15, -0.1) is 0 Å². The zero-order chi connectivity index (χ0) is 13.3. The predicted octanol–water partition coefficient (Wildman–Crippen LogP) is 2.02. The van der Waals surface area contributed by atoms with Crippen LogP contribution in [0.3, 0.4) is 0 Å². The first kappa shape index (κ1) is 12.5. The topological polar surface area (TPSA) is 55.8 Å². The summed E-state index contributed by atoms with van der Waals surface area (Å²) in [7, 11) is 0. The summed E-state index contributed by atoms with van der Waals surface area (Å²) < 4.78 is 45.5. The van der Waals surface area contributed by atoms with E-state index in [2.05, 4.69) is 4.74 Å². The van der Waals surface area contributed by atoms with E-state index >= 15 is 0 Å². The standard InChI is InChI=1S/C11H9F3O4/c12-11(13,14)5-17-7-2-1-6-3-9(10(15)16)18-8(6)4-7/h1-2,4,9H,3,5H2,(H,15,16). The fourth-order valence-corrected chi connectivity index (χ4v) is 1.60. The first-order chi connectivity index (χ1) is 8.35. The van der Waals surface area contributed by atoms with Crippen LogP contribution in [0, 0.1) is 0 Å². The van der Waals surface area contributed by atoms with Crippen molar-refractivity contribution in [2.45, 2.75) is 18.7 Å². The van der Waals surface area contributed by atoms with Crippen molar-refractivity contribution in [1.82, 2.24) is 0 Å². The van der Waals surface area contributed by atoms with Gasteiger partial charge in [0.25, 0.3) is 0 Å². The number of carbonyl (C=O) groups is 1. The number of hydrogen-bond donors (Lipinski definition) is 1. The molecule has 0 aliphatic carbocycles. The lowest BCUT2D eigenvalue weighted by Gasteiger charge is -2.10. The van der Waals surface area contributed by atoms with E-state index in [1.807, 2.05) is 0 Å². The van der Waals surface area contributed by atoms with Gasteiger partial charge in [0, 0.05) is 12.5 Å². The molecule has 1 N–H and O–H groups in total. The third-order valence-corrected chi connectivity index (χ3v) is 2.39. The van der Waals surface area contributed by atoms with Crippen molar-refractivity contribution in [3.8, 4) is 11.5 Å². The highest BCUT2D eigenvalue weighted by Crippen LogP contribution is 2.33. The Morgan fingerprint density at radius 1 is 1.50 bits per heavy atom. The van der Waals surface area contributed by atoms with Crippen LogP contribution in [0.2, 0.25) is 0 Å². The highest BCUT2D eigenvalue weighted by atomic mass is 19.4. The Kier molecular flexibility index (Phi) is 3.06. The second kappa shape index (κ2) is 4.40. The Hall–Kier alpha value is -1.92. The molecule has 0 fully saturated rings. The number of alkyl halides is 3. The number of hydrogen-bond acceptors (Lipinski definition) is 3. The zero-order valence-corrected chi connectivity index (χ0v) is 9.03. The Bertz CT molecular complexity index is 470. The summed E-state index contributed by atoms with van der Waals surface area (Å²) in [6, 6.07) is 4.13. The monoisotopic (exact) mass is 262 g/mol. The van der Waals surface area contributed by atoms with Gasteiger partial charge in [-0.25, -0.2) is 4.79 Å². The highest BCUT2D eigenvalue weighted by Gasteiger charge is 2.30. The van der Waals surface area contributed by atoms with Gasteiger partial charge in [0.15, 0.2) is 12.7 Å². The van der Waals surface area contributed by atoms with E-state index in [0.717, 1.165) is 0 Å². The minimum absolute atomic E-state index is 0.00267. The van der Waals surface area contributed by atoms with Gasteiger partial charge in [-0.2, -0.15) is 13.2 Å². The van der Waals surface area contributed by atoms with E-state index in [1.54, 1.807) is 0 Å². The molecular weight excluding hydrogens is 253 g/mol. The van der Waals surface area contributed by atoms with Crippen LogP contribution in [-0.4, -0.2) is 30.0 Å². The zero-order valence-electron chi connectivity index (χ0n) is 9.03. The Morgan fingerprint density at radius 3 is 2.83 bits per heavy atom. The van der Waals surface area contributed by atoms with E-state index in [9.17, 15) is 18.0 Å². The molecule has 1 heterocycles. The van der Waals surface area contributed by atoms with Crippen LogP contribution < -0.4 is 9.47 Å². The van der Waals surface area contributed by atoms with Crippen molar-refractivity contribution < 1.29 is 32.5 Å². The molecule has 1 aromatic rings. The molecule has 1 aliphatic heterocycles. The number of aliphatic carboxylic acids is 1. The van der Waals surface area contributed by atoms with Crippen LogP contribution in [-0.2, 0) is 11.2 Å². The van der Waals surface area contributed by atoms with Crippen molar-refractivity contribution in [3.63, 3.8) is 0 Å². The van der Waals surface area contributed by atoms with Gasteiger partial charge >= 0.3 is 12.1 Å². The number of carboxylic acids is 1. The fourth-order valence-electron chi connectivity index (χ4n) is 1.60. The van der Waals surface area contributed by atoms with Crippen LogP contribution in [0.5, 0.6) is 11.5 Å². The molecule has 0 amide bonds. The number of ether oxygens (including phenoxy) is 2. The van der Waals surface area contributed by atoms with Gasteiger partial charge in [-0.1, -0.05) is 6.07 Å². The first-order valence-corrected chi connectivity index (χ1v) is 5.07. The summed E-state index contributed by atoms with van der Waals surface area (Å²) >= 11 is 0. The van der Waals surface area contributed by atoms with Gasteiger partial charge in [0.1, 0.15) is 11.5 Å². The number of benzene rings is 1. The molecule has 1 atom stereocenters. The molecule has 0 saturated heterocycles. The maximum atomic E-state index is 11.9. The third kappa shape index (κ3) is 2.85. The summed E-state index contributed by atoms with van der Waals surface area (Å²) in [5.41, 5.74) is 0.641. The number of carboxylic acid groups (broad SMARTS) is 1. The molecule has 2 rings (SSSR count). The van der Waals surface area contributed by atoms with Crippen molar-refractivity contribution >= 4 is 5.97 Å². The minimum atomic E-state index is -4.41. The first-order valence-electron chi connectivity index (χ1n) is 5.07.